The van der Waals surface area contributed by atoms with Gasteiger partial charge in [-0.15, -0.1) is 4.68 Å². The third-order valence-corrected chi connectivity index (χ3v) is 1.06. The van der Waals surface area contributed by atoms with E-state index in [2.05, 4.69) is 15.4 Å². The average Bonchev–Trinajstić information content (AvgIpc) is 2.33. The van der Waals surface area contributed by atoms with Crippen LogP contribution in [-0.4, -0.2) is 11.3 Å². The standard InChI is InChI=1S/C5H4N4/c1-2-6-5-7-4-8-9(5)3-1/h1-4H/q+1. The zero-order valence-corrected chi connectivity index (χ0v) is 4.60. The number of aliphatic imine (C=N–C) groups is 1. The van der Waals surface area contributed by atoms with E-state index in [1.807, 2.05) is 6.07 Å². The summed E-state index contributed by atoms with van der Waals surface area (Å²) in [5.41, 5.74) is 3.86. The minimum atomic E-state index is 0.637. The normalized spacial score (nSPS) is 12.9. The molecule has 0 saturated carbocycles. The maximum atomic E-state index is 3.93. The quantitative estimate of drug-likeness (QED) is 0.422. The maximum absolute atomic E-state index is 3.93. The molecule has 0 atom stereocenters. The zero-order chi connectivity index (χ0) is 6.10. The van der Waals surface area contributed by atoms with Crippen molar-refractivity contribution in [2.45, 2.75) is 0 Å². The highest BCUT2D eigenvalue weighted by molar-refractivity contribution is 5.57. The summed E-state index contributed by atoms with van der Waals surface area (Å²) in [4.78, 5) is 7.79. The summed E-state index contributed by atoms with van der Waals surface area (Å²) in [6, 6.07) is 1.81. The van der Waals surface area contributed by atoms with E-state index in [4.69, 9.17) is 0 Å². The summed E-state index contributed by atoms with van der Waals surface area (Å²) < 4.78 is 1.61. The van der Waals surface area contributed by atoms with Gasteiger partial charge in [0.05, 0.1) is 6.20 Å². The van der Waals surface area contributed by atoms with Crippen molar-refractivity contribution < 1.29 is 4.68 Å². The van der Waals surface area contributed by atoms with Crippen molar-refractivity contribution in [3.05, 3.63) is 18.5 Å². The van der Waals surface area contributed by atoms with Gasteiger partial charge in [0.15, 0.2) is 0 Å². The fraction of sp³-hybridized carbons (Fsp3) is 0. The van der Waals surface area contributed by atoms with Crippen molar-refractivity contribution in [3.8, 4) is 0 Å². The molecule has 9 heavy (non-hydrogen) atoms. The molecule has 2 heterocycles. The SMILES string of the molecule is C1=Nc2nccc[n+]2[N]1. The van der Waals surface area contributed by atoms with Gasteiger partial charge in [-0.1, -0.05) is 15.4 Å². The third-order valence-electron chi connectivity index (χ3n) is 1.06. The Morgan fingerprint density at radius 3 is 3.33 bits per heavy atom. The molecule has 0 aliphatic carbocycles. The van der Waals surface area contributed by atoms with E-state index in [1.54, 1.807) is 17.1 Å². The van der Waals surface area contributed by atoms with Crippen molar-refractivity contribution in [2.24, 2.45) is 4.99 Å². The first-order valence-electron chi connectivity index (χ1n) is 2.57. The number of hydrogen-bond donors (Lipinski definition) is 0. The number of aromatic nitrogens is 2. The Balaban J connectivity index is 2.63. The summed E-state index contributed by atoms with van der Waals surface area (Å²) in [6.07, 6.45) is 4.96. The van der Waals surface area contributed by atoms with E-state index in [0.717, 1.165) is 0 Å². The van der Waals surface area contributed by atoms with Crippen LogP contribution in [0.3, 0.4) is 0 Å². The maximum Gasteiger partial charge on any atom is 0.458 e. The Morgan fingerprint density at radius 1 is 1.44 bits per heavy atom. The minimum absolute atomic E-state index is 0.637. The van der Waals surface area contributed by atoms with E-state index in [-0.39, 0.29) is 0 Å². The van der Waals surface area contributed by atoms with Gasteiger partial charge in [-0.2, -0.15) is 0 Å². The molecule has 1 aliphatic heterocycles. The van der Waals surface area contributed by atoms with Crippen molar-refractivity contribution in [1.29, 1.82) is 0 Å². The minimum Gasteiger partial charge on any atom is -0.106 e. The topological polar surface area (TPSA) is 43.2 Å². The van der Waals surface area contributed by atoms with E-state index < -0.39 is 0 Å². The summed E-state index contributed by atoms with van der Waals surface area (Å²) >= 11 is 0. The molecule has 43 valence electrons. The molecule has 1 aromatic rings. The molecule has 2 rings (SSSR count). The molecule has 1 aliphatic rings. The van der Waals surface area contributed by atoms with Gasteiger partial charge in [-0.3, -0.25) is 0 Å². The monoisotopic (exact) mass is 120 g/mol. The lowest BCUT2D eigenvalue weighted by molar-refractivity contribution is -0.702. The number of rotatable bonds is 0. The highest BCUT2D eigenvalue weighted by Gasteiger charge is 2.14. The van der Waals surface area contributed by atoms with Gasteiger partial charge in [0.1, 0.15) is 6.20 Å². The molecular weight excluding hydrogens is 116 g/mol. The van der Waals surface area contributed by atoms with Crippen LogP contribution < -0.4 is 10.1 Å². The van der Waals surface area contributed by atoms with Crippen LogP contribution in [0.1, 0.15) is 0 Å². The lowest BCUT2D eigenvalue weighted by Crippen LogP contribution is -2.39. The lowest BCUT2D eigenvalue weighted by Gasteiger charge is -1.83. The molecule has 4 heteroatoms. The molecule has 0 spiro atoms. The highest BCUT2D eigenvalue weighted by Crippen LogP contribution is 1.97. The first kappa shape index (κ1) is 4.43. The molecule has 0 amide bonds. The van der Waals surface area contributed by atoms with Crippen LogP contribution in [0, 0.1) is 0 Å². The first-order valence-corrected chi connectivity index (χ1v) is 2.57. The molecule has 1 radical (unpaired) electrons. The third kappa shape index (κ3) is 0.561. The van der Waals surface area contributed by atoms with Crippen LogP contribution in [0.25, 0.3) is 0 Å². The predicted octanol–water partition coefficient (Wildman–Crippen LogP) is -0.590. The molecular formula is C5H4N4+. The van der Waals surface area contributed by atoms with E-state index in [9.17, 15) is 0 Å². The van der Waals surface area contributed by atoms with Gasteiger partial charge >= 0.3 is 5.95 Å². The van der Waals surface area contributed by atoms with Crippen LogP contribution in [0.5, 0.6) is 0 Å². The second-order valence-corrected chi connectivity index (χ2v) is 1.62. The van der Waals surface area contributed by atoms with E-state index >= 15 is 0 Å². The lowest BCUT2D eigenvalue weighted by atomic mass is 10.7. The van der Waals surface area contributed by atoms with Gasteiger partial charge in [-0.25, -0.2) is 0 Å². The fourth-order valence-corrected chi connectivity index (χ4v) is 0.671. The van der Waals surface area contributed by atoms with Gasteiger partial charge in [0, 0.05) is 6.07 Å². The molecule has 0 aromatic carbocycles. The van der Waals surface area contributed by atoms with Gasteiger partial charge in [0.25, 0.3) is 0 Å². The molecule has 1 aromatic heterocycles. The second kappa shape index (κ2) is 1.51. The molecule has 0 saturated heterocycles. The molecule has 0 fully saturated rings. The van der Waals surface area contributed by atoms with Crippen LogP contribution in [0.4, 0.5) is 5.95 Å². The van der Waals surface area contributed by atoms with Crippen LogP contribution in [0.2, 0.25) is 0 Å². The molecule has 4 nitrogen and oxygen atoms in total. The van der Waals surface area contributed by atoms with Crippen LogP contribution in [-0.2, 0) is 0 Å². The predicted molar refractivity (Wildman–Crippen MR) is 30.1 cm³/mol. The first-order chi connectivity index (χ1) is 4.47. The Morgan fingerprint density at radius 2 is 2.44 bits per heavy atom. The van der Waals surface area contributed by atoms with Crippen LogP contribution >= 0.6 is 0 Å². The Labute approximate surface area is 51.9 Å². The average molecular weight is 120 g/mol. The van der Waals surface area contributed by atoms with Crippen molar-refractivity contribution in [3.63, 3.8) is 0 Å². The van der Waals surface area contributed by atoms with Gasteiger partial charge in [0.2, 0.25) is 6.34 Å². The summed E-state index contributed by atoms with van der Waals surface area (Å²) in [5.74, 6) is 0.637. The van der Waals surface area contributed by atoms with Crippen molar-refractivity contribution in [2.75, 3.05) is 0 Å². The zero-order valence-electron chi connectivity index (χ0n) is 4.60. The number of hydrogen-bond acceptors (Lipinski definition) is 2. The summed E-state index contributed by atoms with van der Waals surface area (Å²) in [6.45, 7) is 0. The Bertz CT molecular complexity index is 255. The van der Waals surface area contributed by atoms with E-state index in [1.165, 1.54) is 6.34 Å². The fourth-order valence-electron chi connectivity index (χ4n) is 0.671. The number of fused-ring (bicyclic) bond motifs is 1. The van der Waals surface area contributed by atoms with Gasteiger partial charge in [-0.05, 0) is 0 Å². The van der Waals surface area contributed by atoms with Crippen LogP contribution in [0.15, 0.2) is 23.5 Å². The number of nitrogens with zero attached hydrogens (tertiary/aromatic N) is 4. The summed E-state index contributed by atoms with van der Waals surface area (Å²) in [7, 11) is 0. The van der Waals surface area contributed by atoms with Crippen molar-refractivity contribution in [1.82, 2.24) is 10.4 Å². The molecule has 0 bridgehead atoms. The van der Waals surface area contributed by atoms with E-state index in [0.29, 0.717) is 5.95 Å². The Kier molecular flexibility index (Phi) is 0.745. The summed E-state index contributed by atoms with van der Waals surface area (Å²) in [5, 5.41) is 0. The second-order valence-electron chi connectivity index (χ2n) is 1.62. The molecule has 0 unspecified atom stereocenters. The largest absolute Gasteiger partial charge is 0.458 e. The smallest absolute Gasteiger partial charge is 0.106 e. The highest BCUT2D eigenvalue weighted by atomic mass is 15.5. The van der Waals surface area contributed by atoms with Crippen molar-refractivity contribution >= 4 is 12.3 Å². The van der Waals surface area contributed by atoms with Gasteiger partial charge < -0.3 is 0 Å². The molecule has 0 N–H and O–H groups in total. The Hall–Kier alpha value is -1.45.